The number of morpholine rings is 1. The van der Waals surface area contributed by atoms with Crippen molar-refractivity contribution >= 4 is 28.9 Å². The number of thiophene rings is 1. The van der Waals surface area contributed by atoms with Crippen LogP contribution in [0.3, 0.4) is 0 Å². The number of ether oxygens (including phenoxy) is 2. The van der Waals surface area contributed by atoms with Gasteiger partial charge >= 0.3 is 5.97 Å². The molecule has 2 heterocycles. The van der Waals surface area contributed by atoms with Gasteiger partial charge in [0.1, 0.15) is 11.5 Å². The van der Waals surface area contributed by atoms with E-state index in [1.54, 1.807) is 0 Å². The topological polar surface area (TPSA) is 67.9 Å². The molecule has 1 saturated carbocycles. The van der Waals surface area contributed by atoms with E-state index in [1.165, 1.54) is 11.3 Å². The molecule has 1 aliphatic heterocycles. The molecule has 0 atom stereocenters. The molecule has 1 amide bonds. The Bertz CT molecular complexity index is 726. The molecule has 7 heteroatoms. The van der Waals surface area contributed by atoms with Gasteiger partial charge in [0.25, 0.3) is 0 Å². The maximum absolute atomic E-state index is 12.9. The summed E-state index contributed by atoms with van der Waals surface area (Å²) in [6, 6.07) is 1.95. The summed E-state index contributed by atoms with van der Waals surface area (Å²) in [5.74, 6) is 0.405. The molecular formula is C23H36N2O4S. The van der Waals surface area contributed by atoms with Crippen LogP contribution < -0.4 is 5.32 Å². The van der Waals surface area contributed by atoms with Crippen LogP contribution in [0.4, 0.5) is 5.69 Å². The normalized spacial score (nSPS) is 23.2. The lowest BCUT2D eigenvalue weighted by atomic mass is 9.82. The molecule has 0 radical (unpaired) electrons. The number of esters is 1. The van der Waals surface area contributed by atoms with Gasteiger partial charge in [-0.05, 0) is 43.1 Å². The maximum atomic E-state index is 12.9. The number of amides is 1. The number of nitrogens with one attached hydrogen (secondary N) is 1. The van der Waals surface area contributed by atoms with Crippen molar-refractivity contribution in [3.8, 4) is 0 Å². The highest BCUT2D eigenvalue weighted by Gasteiger charge is 2.28. The molecule has 1 aromatic heterocycles. The SMILES string of the molecule is CC1CCC(C(=O)Nc2cc(C(C)(C)C)sc2C(=O)OCCN2CCOCC2)CC1. The van der Waals surface area contributed by atoms with Crippen LogP contribution in [0.25, 0.3) is 0 Å². The standard InChI is InChI=1S/C23H36N2O4S/c1-16-5-7-17(8-6-16)21(26)24-18-15-19(23(2,3)4)30-20(18)22(27)29-14-11-25-9-12-28-13-10-25/h15-17H,5-14H2,1-4H3,(H,24,26). The van der Waals surface area contributed by atoms with E-state index in [0.29, 0.717) is 29.6 Å². The number of anilines is 1. The van der Waals surface area contributed by atoms with Crippen LogP contribution >= 0.6 is 11.3 Å². The van der Waals surface area contributed by atoms with Crippen LogP contribution in [0.1, 0.15) is 67.9 Å². The van der Waals surface area contributed by atoms with Gasteiger partial charge < -0.3 is 14.8 Å². The molecule has 2 aliphatic rings. The van der Waals surface area contributed by atoms with Crippen LogP contribution in [0.2, 0.25) is 0 Å². The third kappa shape index (κ3) is 6.28. The third-order valence-electron chi connectivity index (χ3n) is 6.05. The van der Waals surface area contributed by atoms with Gasteiger partial charge in [0.15, 0.2) is 0 Å². The van der Waals surface area contributed by atoms with Crippen molar-refractivity contribution in [2.75, 3.05) is 44.8 Å². The van der Waals surface area contributed by atoms with Crippen molar-refractivity contribution in [3.05, 3.63) is 15.8 Å². The molecule has 1 N–H and O–H groups in total. The maximum Gasteiger partial charge on any atom is 0.350 e. The molecule has 30 heavy (non-hydrogen) atoms. The molecule has 2 fully saturated rings. The number of hydrogen-bond acceptors (Lipinski definition) is 6. The van der Waals surface area contributed by atoms with E-state index in [-0.39, 0.29) is 23.2 Å². The molecule has 0 unspecified atom stereocenters. The summed E-state index contributed by atoms with van der Waals surface area (Å²) in [5.41, 5.74) is 0.501. The molecule has 3 rings (SSSR count). The fourth-order valence-electron chi connectivity index (χ4n) is 3.92. The molecular weight excluding hydrogens is 400 g/mol. The van der Waals surface area contributed by atoms with Gasteiger partial charge in [0, 0.05) is 30.4 Å². The Kier molecular flexibility index (Phi) is 7.93. The Hall–Kier alpha value is -1.44. The van der Waals surface area contributed by atoms with Gasteiger partial charge in [0.05, 0.1) is 18.9 Å². The second-order valence-corrected chi connectivity index (χ2v) is 10.7. The van der Waals surface area contributed by atoms with Gasteiger partial charge in [-0.3, -0.25) is 9.69 Å². The number of rotatable bonds is 6. The van der Waals surface area contributed by atoms with E-state index >= 15 is 0 Å². The van der Waals surface area contributed by atoms with E-state index in [0.717, 1.165) is 56.9 Å². The highest BCUT2D eigenvalue weighted by Crippen LogP contribution is 2.37. The van der Waals surface area contributed by atoms with Gasteiger partial charge in [-0.2, -0.15) is 0 Å². The minimum Gasteiger partial charge on any atom is -0.460 e. The summed E-state index contributed by atoms with van der Waals surface area (Å²) in [7, 11) is 0. The quantitative estimate of drug-likeness (QED) is 0.674. The van der Waals surface area contributed by atoms with Crippen molar-refractivity contribution in [2.45, 2.75) is 58.8 Å². The molecule has 1 aromatic rings. The third-order valence-corrected chi connectivity index (χ3v) is 7.59. The number of carbonyl (C=O) groups excluding carboxylic acids is 2. The number of nitrogens with zero attached hydrogens (tertiary/aromatic N) is 1. The lowest BCUT2D eigenvalue weighted by Crippen LogP contribution is -2.38. The van der Waals surface area contributed by atoms with E-state index in [9.17, 15) is 9.59 Å². The summed E-state index contributed by atoms with van der Waals surface area (Å²) >= 11 is 1.43. The fraction of sp³-hybridized carbons (Fsp3) is 0.739. The summed E-state index contributed by atoms with van der Waals surface area (Å²) < 4.78 is 10.9. The van der Waals surface area contributed by atoms with Crippen LogP contribution in [-0.2, 0) is 19.7 Å². The van der Waals surface area contributed by atoms with Gasteiger partial charge in [-0.25, -0.2) is 4.79 Å². The van der Waals surface area contributed by atoms with E-state index in [4.69, 9.17) is 9.47 Å². The smallest absolute Gasteiger partial charge is 0.350 e. The van der Waals surface area contributed by atoms with E-state index in [2.05, 4.69) is 37.9 Å². The fourth-order valence-corrected chi connectivity index (χ4v) is 4.98. The zero-order valence-electron chi connectivity index (χ0n) is 18.8. The zero-order chi connectivity index (χ0) is 21.7. The van der Waals surface area contributed by atoms with Gasteiger partial charge in [-0.1, -0.05) is 27.7 Å². The molecule has 0 bridgehead atoms. The molecule has 0 aromatic carbocycles. The molecule has 6 nitrogen and oxygen atoms in total. The van der Waals surface area contributed by atoms with Crippen LogP contribution in [0, 0.1) is 11.8 Å². The van der Waals surface area contributed by atoms with Crippen LogP contribution in [0.5, 0.6) is 0 Å². The Balaban J connectivity index is 1.65. The largest absolute Gasteiger partial charge is 0.460 e. The first kappa shape index (κ1) is 23.2. The Morgan fingerprint density at radius 3 is 2.50 bits per heavy atom. The zero-order valence-corrected chi connectivity index (χ0v) is 19.6. The molecule has 168 valence electrons. The van der Waals surface area contributed by atoms with E-state index < -0.39 is 0 Å². The second-order valence-electron chi connectivity index (χ2n) is 9.64. The first-order valence-corrected chi connectivity index (χ1v) is 12.0. The summed E-state index contributed by atoms with van der Waals surface area (Å²) in [4.78, 5) is 29.5. The monoisotopic (exact) mass is 436 g/mol. The highest BCUT2D eigenvalue weighted by molar-refractivity contribution is 7.14. The van der Waals surface area contributed by atoms with Crippen LogP contribution in [-0.4, -0.2) is 56.2 Å². The van der Waals surface area contributed by atoms with Gasteiger partial charge in [0.2, 0.25) is 5.91 Å². The first-order valence-electron chi connectivity index (χ1n) is 11.2. The molecule has 1 saturated heterocycles. The minimum absolute atomic E-state index is 0.0301. The summed E-state index contributed by atoms with van der Waals surface area (Å²) in [6.45, 7) is 12.8. The second kappa shape index (κ2) is 10.2. The lowest BCUT2D eigenvalue weighted by Gasteiger charge is -2.26. The minimum atomic E-state index is -0.351. The van der Waals surface area contributed by atoms with Crippen molar-refractivity contribution in [2.24, 2.45) is 11.8 Å². The highest BCUT2D eigenvalue weighted by atomic mass is 32.1. The average Bonchev–Trinajstić information content (AvgIpc) is 3.13. The molecule has 0 spiro atoms. The first-order chi connectivity index (χ1) is 14.2. The van der Waals surface area contributed by atoms with Crippen molar-refractivity contribution in [1.29, 1.82) is 0 Å². The number of carbonyl (C=O) groups is 2. The Morgan fingerprint density at radius 2 is 1.87 bits per heavy atom. The lowest BCUT2D eigenvalue weighted by molar-refractivity contribution is -0.121. The predicted octanol–water partition coefficient (Wildman–Crippen LogP) is 4.30. The summed E-state index contributed by atoms with van der Waals surface area (Å²) in [5, 5.41) is 3.05. The van der Waals surface area contributed by atoms with Crippen molar-refractivity contribution < 1.29 is 19.1 Å². The van der Waals surface area contributed by atoms with Crippen molar-refractivity contribution in [3.63, 3.8) is 0 Å². The van der Waals surface area contributed by atoms with Gasteiger partial charge in [-0.15, -0.1) is 11.3 Å². The molecule has 1 aliphatic carbocycles. The van der Waals surface area contributed by atoms with Crippen LogP contribution in [0.15, 0.2) is 6.07 Å². The predicted molar refractivity (Wildman–Crippen MR) is 120 cm³/mol. The average molecular weight is 437 g/mol. The van der Waals surface area contributed by atoms with Crippen molar-refractivity contribution in [1.82, 2.24) is 4.90 Å². The Labute approximate surface area is 184 Å². The summed E-state index contributed by atoms with van der Waals surface area (Å²) in [6.07, 6.45) is 4.02. The Morgan fingerprint density at radius 1 is 1.20 bits per heavy atom. The number of hydrogen-bond donors (Lipinski definition) is 1. The van der Waals surface area contributed by atoms with E-state index in [1.807, 2.05) is 6.07 Å².